The molecule has 5 aromatic rings. The summed E-state index contributed by atoms with van der Waals surface area (Å²) < 4.78 is 53.6. The Kier molecular flexibility index (Phi) is 12.5. The topological polar surface area (TPSA) is 101 Å². The summed E-state index contributed by atoms with van der Waals surface area (Å²) in [5.41, 5.74) is 0.696. The van der Waals surface area contributed by atoms with Gasteiger partial charge in [-0.25, -0.2) is 0 Å². The molecule has 0 aliphatic heterocycles. The van der Waals surface area contributed by atoms with Crippen molar-refractivity contribution >= 4 is 53.9 Å². The Balaban J connectivity index is 0.000000237. The van der Waals surface area contributed by atoms with E-state index in [1.807, 2.05) is 0 Å². The molecule has 0 fully saturated rings. The van der Waals surface area contributed by atoms with Crippen molar-refractivity contribution in [1.82, 2.24) is 24.1 Å². The molecule has 5 aromatic heterocycles. The Morgan fingerprint density at radius 1 is 0.735 bits per heavy atom. The van der Waals surface area contributed by atoms with Crippen LogP contribution >= 0.6 is 15.9 Å². The van der Waals surface area contributed by atoms with Crippen LogP contribution in [0.15, 0.2) is 81.4 Å². The van der Waals surface area contributed by atoms with Crippen LogP contribution in [0, 0.1) is 0 Å². The van der Waals surface area contributed by atoms with E-state index in [-0.39, 0.29) is 24.6 Å². The van der Waals surface area contributed by atoms with Crippen LogP contribution in [-0.2, 0) is 29.1 Å². The molecule has 5 heterocycles. The molecule has 0 unspecified atom stereocenters. The lowest BCUT2D eigenvalue weighted by Gasteiger charge is -2.16. The summed E-state index contributed by atoms with van der Waals surface area (Å²) in [5, 5.41) is 0.969. The molecule has 0 aliphatic rings. The van der Waals surface area contributed by atoms with E-state index < -0.39 is 27.9 Å². The van der Waals surface area contributed by atoms with E-state index in [4.69, 9.17) is 9.47 Å². The zero-order chi connectivity index (χ0) is 36.0. The van der Waals surface area contributed by atoms with Gasteiger partial charge in [0.1, 0.15) is 13.5 Å². The minimum absolute atomic E-state index is 0.0573. The van der Waals surface area contributed by atoms with Crippen LogP contribution in [0.2, 0.25) is 51.4 Å². The summed E-state index contributed by atoms with van der Waals surface area (Å²) in [7, 11) is -2.36. The summed E-state index contributed by atoms with van der Waals surface area (Å²) in [4.78, 5) is 37.5. The summed E-state index contributed by atoms with van der Waals surface area (Å²) in [6, 6.07) is 11.1. The second kappa shape index (κ2) is 16.0. The lowest BCUT2D eigenvalue weighted by molar-refractivity contribution is -0.137. The molecule has 5 rings (SSSR count). The Morgan fingerprint density at radius 3 is 1.73 bits per heavy atom. The highest BCUT2D eigenvalue weighted by atomic mass is 79.9. The normalized spacial score (nSPS) is 12.3. The minimum Gasteiger partial charge on any atom is -0.361 e. The zero-order valence-corrected chi connectivity index (χ0v) is 32.1. The Morgan fingerprint density at radius 2 is 1.24 bits per heavy atom. The molecule has 0 radical (unpaired) electrons. The predicted molar refractivity (Wildman–Crippen MR) is 196 cm³/mol. The first-order valence-corrected chi connectivity index (χ1v) is 24.0. The molecule has 0 atom stereocenters. The third-order valence-electron chi connectivity index (χ3n) is 7.45. The zero-order valence-electron chi connectivity index (χ0n) is 28.5. The summed E-state index contributed by atoms with van der Waals surface area (Å²) in [6.07, 6.45) is 2.82. The van der Waals surface area contributed by atoms with Crippen LogP contribution in [0.25, 0.3) is 33.1 Å². The number of fused-ring (bicyclic) bond motifs is 2. The maximum absolute atomic E-state index is 12.8. The molecule has 0 bridgehead atoms. The van der Waals surface area contributed by atoms with E-state index in [0.29, 0.717) is 46.3 Å². The van der Waals surface area contributed by atoms with Gasteiger partial charge in [0.2, 0.25) is 0 Å². The second-order valence-corrected chi connectivity index (χ2v) is 26.1. The van der Waals surface area contributed by atoms with Crippen molar-refractivity contribution in [2.75, 3.05) is 13.2 Å². The van der Waals surface area contributed by atoms with Crippen molar-refractivity contribution < 1.29 is 22.6 Å². The fourth-order valence-corrected chi connectivity index (χ4v) is 6.66. The monoisotopic (exact) mass is 775 g/mol. The van der Waals surface area contributed by atoms with Gasteiger partial charge in [-0.2, -0.15) is 13.2 Å². The first-order valence-electron chi connectivity index (χ1n) is 15.8. The van der Waals surface area contributed by atoms with E-state index in [2.05, 4.69) is 70.2 Å². The largest absolute Gasteiger partial charge is 0.417 e. The summed E-state index contributed by atoms with van der Waals surface area (Å²) in [5.74, 6) is 0. The van der Waals surface area contributed by atoms with E-state index in [0.717, 1.165) is 28.8 Å². The first kappa shape index (κ1) is 38.3. The molecule has 15 heteroatoms. The van der Waals surface area contributed by atoms with Gasteiger partial charge in [-0.05, 0) is 64.4 Å². The molecule has 0 saturated heterocycles. The fourth-order valence-electron chi connectivity index (χ4n) is 4.58. The van der Waals surface area contributed by atoms with Crippen molar-refractivity contribution in [3.05, 3.63) is 98.1 Å². The molecule has 0 N–H and O–H groups in total. The molecule has 0 amide bonds. The Bertz CT molecular complexity index is 2010. The SMILES string of the molecule is C[Si](C)(C)CCOCn1cc(-c2ccc(C(F)(F)F)cn2)c2ncccc2c1=O.C[Si](C)(C)CCOCn1cc(Br)c2ncccc2c1=O. The molecule has 0 aromatic carbocycles. The summed E-state index contributed by atoms with van der Waals surface area (Å²) >= 11 is 3.45. The van der Waals surface area contributed by atoms with Crippen LogP contribution in [0.4, 0.5) is 13.2 Å². The molecule has 0 aliphatic carbocycles. The second-order valence-electron chi connectivity index (χ2n) is 14.0. The number of pyridine rings is 5. The van der Waals surface area contributed by atoms with Gasteiger partial charge < -0.3 is 9.47 Å². The lowest BCUT2D eigenvalue weighted by atomic mass is 10.1. The number of hydrogen-bond acceptors (Lipinski definition) is 7. The number of nitrogens with zero attached hydrogens (tertiary/aromatic N) is 5. The number of ether oxygens (including phenoxy) is 2. The molecule has 0 spiro atoms. The fraction of sp³-hybridized carbons (Fsp3) is 0.382. The van der Waals surface area contributed by atoms with Crippen molar-refractivity contribution in [3.63, 3.8) is 0 Å². The van der Waals surface area contributed by atoms with E-state index >= 15 is 0 Å². The van der Waals surface area contributed by atoms with Gasteiger partial charge in [0.25, 0.3) is 11.1 Å². The van der Waals surface area contributed by atoms with Gasteiger partial charge in [0.15, 0.2) is 0 Å². The van der Waals surface area contributed by atoms with E-state index in [9.17, 15) is 22.8 Å². The van der Waals surface area contributed by atoms with Crippen LogP contribution in [0.1, 0.15) is 5.56 Å². The molecular weight excluding hydrogens is 735 g/mol. The molecule has 49 heavy (non-hydrogen) atoms. The first-order chi connectivity index (χ1) is 22.9. The van der Waals surface area contributed by atoms with Crippen molar-refractivity contribution in [3.8, 4) is 11.3 Å². The van der Waals surface area contributed by atoms with E-state index in [1.54, 1.807) is 47.4 Å². The minimum atomic E-state index is -4.46. The quantitative estimate of drug-likeness (QED) is 0.0984. The smallest absolute Gasteiger partial charge is 0.361 e. The van der Waals surface area contributed by atoms with Crippen molar-refractivity contribution in [2.24, 2.45) is 0 Å². The predicted octanol–water partition coefficient (Wildman–Crippen LogP) is 8.26. The number of hydrogen-bond donors (Lipinski definition) is 0. The third kappa shape index (κ3) is 10.7. The Labute approximate surface area is 293 Å². The number of aromatic nitrogens is 5. The maximum Gasteiger partial charge on any atom is 0.417 e. The highest BCUT2D eigenvalue weighted by Gasteiger charge is 2.31. The van der Waals surface area contributed by atoms with Crippen LogP contribution in [-0.4, -0.2) is 53.4 Å². The molecule has 9 nitrogen and oxygen atoms in total. The lowest BCUT2D eigenvalue weighted by Crippen LogP contribution is -2.25. The van der Waals surface area contributed by atoms with Gasteiger partial charge >= 0.3 is 6.18 Å². The highest BCUT2D eigenvalue weighted by Crippen LogP contribution is 2.31. The third-order valence-corrected chi connectivity index (χ3v) is 11.4. The molecule has 262 valence electrons. The van der Waals surface area contributed by atoms with Gasteiger partial charge in [-0.15, -0.1) is 0 Å². The highest BCUT2D eigenvalue weighted by molar-refractivity contribution is 9.10. The van der Waals surface area contributed by atoms with Crippen molar-refractivity contribution in [1.29, 1.82) is 0 Å². The molecular formula is C34H41BrF3N5O4Si2. The Hall–Kier alpha value is -3.51. The van der Waals surface area contributed by atoms with Crippen LogP contribution in [0.3, 0.4) is 0 Å². The standard InChI is InChI=1S/C20H22F3N3O2Si.C14H19BrN2O2Si/c1-29(2,3)10-9-28-13-26-12-16(18-15(19(26)27)5-4-8-24-18)17-7-6-14(11-25-17)20(21,22)23;1-20(2,3)8-7-19-10-17-9-12(15)13-11(14(17)18)5-4-6-16-13/h4-8,11-12H,9-10,13H2,1-3H3;4-6,9H,7-8,10H2,1-3H3. The van der Waals surface area contributed by atoms with Gasteiger partial charge in [-0.3, -0.25) is 33.7 Å². The molecule has 0 saturated carbocycles. The number of rotatable bonds is 11. The van der Waals surface area contributed by atoms with Crippen LogP contribution in [0.5, 0.6) is 0 Å². The van der Waals surface area contributed by atoms with Crippen molar-refractivity contribution in [2.45, 2.75) is 71.0 Å². The van der Waals surface area contributed by atoms with Gasteiger partial charge in [0.05, 0.1) is 37.5 Å². The van der Waals surface area contributed by atoms with Gasteiger partial charge in [-0.1, -0.05) is 39.3 Å². The maximum atomic E-state index is 12.8. The average molecular weight is 777 g/mol. The number of halogens is 4. The summed E-state index contributed by atoms with van der Waals surface area (Å²) in [6.45, 7) is 15.2. The van der Waals surface area contributed by atoms with Crippen LogP contribution < -0.4 is 11.1 Å². The average Bonchev–Trinajstić information content (AvgIpc) is 3.04. The van der Waals surface area contributed by atoms with E-state index in [1.165, 1.54) is 16.8 Å². The number of alkyl halides is 3. The van der Waals surface area contributed by atoms with Gasteiger partial charge in [0, 0.05) is 65.9 Å².